The van der Waals surface area contributed by atoms with Crippen molar-refractivity contribution in [2.45, 2.75) is 20.4 Å². The van der Waals surface area contributed by atoms with E-state index < -0.39 is 21.6 Å². The van der Waals surface area contributed by atoms with Crippen LogP contribution in [0.4, 0.5) is 0 Å². The SMILES string of the molecule is CN(Cc1ccccc1)S(=O)(=O)NCC(C)(C)C(=O)O. The number of hydrogen-bond acceptors (Lipinski definition) is 3. The van der Waals surface area contributed by atoms with Gasteiger partial charge in [0.25, 0.3) is 10.2 Å². The van der Waals surface area contributed by atoms with Crippen molar-refractivity contribution in [3.05, 3.63) is 35.9 Å². The molecule has 0 saturated carbocycles. The Labute approximate surface area is 119 Å². The van der Waals surface area contributed by atoms with Crippen LogP contribution in [0.1, 0.15) is 19.4 Å². The molecule has 0 heterocycles. The molecule has 7 heteroatoms. The molecule has 0 bridgehead atoms. The molecular formula is C13H20N2O4S. The molecule has 6 nitrogen and oxygen atoms in total. The van der Waals surface area contributed by atoms with Crippen LogP contribution in [0.25, 0.3) is 0 Å². The van der Waals surface area contributed by atoms with Gasteiger partial charge in [0.2, 0.25) is 0 Å². The van der Waals surface area contributed by atoms with Gasteiger partial charge in [0, 0.05) is 20.1 Å². The van der Waals surface area contributed by atoms with Gasteiger partial charge in [-0.05, 0) is 19.4 Å². The van der Waals surface area contributed by atoms with Gasteiger partial charge >= 0.3 is 5.97 Å². The monoisotopic (exact) mass is 300 g/mol. The number of hydrogen-bond donors (Lipinski definition) is 2. The smallest absolute Gasteiger partial charge is 0.310 e. The van der Waals surface area contributed by atoms with Gasteiger partial charge in [0.1, 0.15) is 0 Å². The second kappa shape index (κ2) is 6.34. The first-order chi connectivity index (χ1) is 9.15. The third-order valence-electron chi connectivity index (χ3n) is 2.93. The summed E-state index contributed by atoms with van der Waals surface area (Å²) in [6.07, 6.45) is 0. The Bertz CT molecular complexity index is 555. The minimum Gasteiger partial charge on any atom is -0.481 e. The van der Waals surface area contributed by atoms with E-state index in [9.17, 15) is 13.2 Å². The lowest BCUT2D eigenvalue weighted by atomic mass is 9.95. The van der Waals surface area contributed by atoms with Crippen LogP contribution in [0.2, 0.25) is 0 Å². The summed E-state index contributed by atoms with van der Waals surface area (Å²) in [5.41, 5.74) is -0.293. The Morgan fingerprint density at radius 3 is 2.35 bits per heavy atom. The van der Waals surface area contributed by atoms with Gasteiger partial charge in [0.15, 0.2) is 0 Å². The Hall–Kier alpha value is -1.44. The fraction of sp³-hybridized carbons (Fsp3) is 0.462. The molecule has 0 aliphatic rings. The minimum atomic E-state index is -3.71. The quantitative estimate of drug-likeness (QED) is 0.788. The van der Waals surface area contributed by atoms with Crippen molar-refractivity contribution in [2.24, 2.45) is 5.41 Å². The number of carboxylic acid groups (broad SMARTS) is 1. The van der Waals surface area contributed by atoms with Crippen LogP contribution < -0.4 is 4.72 Å². The largest absolute Gasteiger partial charge is 0.481 e. The van der Waals surface area contributed by atoms with E-state index in [-0.39, 0.29) is 13.1 Å². The van der Waals surface area contributed by atoms with Crippen LogP contribution in [0.15, 0.2) is 30.3 Å². The van der Waals surface area contributed by atoms with Crippen molar-refractivity contribution >= 4 is 16.2 Å². The van der Waals surface area contributed by atoms with E-state index in [1.165, 1.54) is 20.9 Å². The fourth-order valence-corrected chi connectivity index (χ4v) is 2.47. The molecule has 0 saturated heterocycles. The number of benzene rings is 1. The van der Waals surface area contributed by atoms with Crippen molar-refractivity contribution in [3.63, 3.8) is 0 Å². The molecule has 0 amide bonds. The van der Waals surface area contributed by atoms with Gasteiger partial charge in [-0.25, -0.2) is 4.72 Å². The van der Waals surface area contributed by atoms with E-state index in [4.69, 9.17) is 5.11 Å². The predicted octanol–water partition coefficient (Wildman–Crippen LogP) is 1.06. The Kier molecular flexibility index (Phi) is 5.27. The number of nitrogens with zero attached hydrogens (tertiary/aromatic N) is 1. The number of carboxylic acids is 1. The summed E-state index contributed by atoms with van der Waals surface area (Å²) in [6.45, 7) is 3.00. The highest BCUT2D eigenvalue weighted by atomic mass is 32.2. The number of carbonyl (C=O) groups is 1. The standard InChI is InChI=1S/C13H20N2O4S/c1-13(2,12(16)17)10-14-20(18,19)15(3)9-11-7-5-4-6-8-11/h4-8,14H,9-10H2,1-3H3,(H,16,17). The van der Waals surface area contributed by atoms with Gasteiger partial charge in [-0.2, -0.15) is 12.7 Å². The molecule has 1 aromatic carbocycles. The zero-order valence-corrected chi connectivity index (χ0v) is 12.6. The van der Waals surface area contributed by atoms with Crippen LogP contribution in [0.3, 0.4) is 0 Å². The second-order valence-corrected chi connectivity index (χ2v) is 7.12. The molecule has 0 spiro atoms. The van der Waals surface area contributed by atoms with Crippen molar-refractivity contribution < 1.29 is 18.3 Å². The molecule has 0 radical (unpaired) electrons. The number of rotatable bonds is 7. The molecule has 0 aromatic heterocycles. The summed E-state index contributed by atoms with van der Waals surface area (Å²) < 4.78 is 27.5. The molecule has 1 aromatic rings. The van der Waals surface area contributed by atoms with Crippen molar-refractivity contribution in [1.29, 1.82) is 0 Å². The summed E-state index contributed by atoms with van der Waals surface area (Å²) >= 11 is 0. The van der Waals surface area contributed by atoms with Crippen molar-refractivity contribution in [3.8, 4) is 0 Å². The van der Waals surface area contributed by atoms with Gasteiger partial charge in [-0.1, -0.05) is 30.3 Å². The molecule has 0 aliphatic heterocycles. The summed E-state index contributed by atoms with van der Waals surface area (Å²) in [7, 11) is -2.26. The molecule has 20 heavy (non-hydrogen) atoms. The highest BCUT2D eigenvalue weighted by molar-refractivity contribution is 7.87. The number of nitrogens with one attached hydrogen (secondary N) is 1. The Balaban J connectivity index is 2.67. The predicted molar refractivity (Wildman–Crippen MR) is 76.2 cm³/mol. The molecule has 0 atom stereocenters. The van der Waals surface area contributed by atoms with Gasteiger partial charge in [-0.15, -0.1) is 0 Å². The molecule has 1 rings (SSSR count). The number of aliphatic carboxylic acids is 1. The topological polar surface area (TPSA) is 86.7 Å². The lowest BCUT2D eigenvalue weighted by Gasteiger charge is -2.23. The molecular weight excluding hydrogens is 280 g/mol. The first-order valence-electron chi connectivity index (χ1n) is 6.13. The fourth-order valence-electron chi connectivity index (χ4n) is 1.38. The van der Waals surface area contributed by atoms with E-state index in [0.717, 1.165) is 9.87 Å². The maximum Gasteiger partial charge on any atom is 0.310 e. The summed E-state index contributed by atoms with van der Waals surface area (Å²) in [4.78, 5) is 11.0. The maximum atomic E-state index is 12.0. The van der Waals surface area contributed by atoms with Crippen LogP contribution in [-0.2, 0) is 21.5 Å². The van der Waals surface area contributed by atoms with E-state index in [1.54, 1.807) is 0 Å². The molecule has 112 valence electrons. The summed E-state index contributed by atoms with van der Waals surface area (Å²) in [5, 5.41) is 8.96. The minimum absolute atomic E-state index is 0.163. The highest BCUT2D eigenvalue weighted by Crippen LogP contribution is 2.14. The van der Waals surface area contributed by atoms with Crippen LogP contribution >= 0.6 is 0 Å². The van der Waals surface area contributed by atoms with Gasteiger partial charge in [0.05, 0.1) is 5.41 Å². The lowest BCUT2D eigenvalue weighted by molar-refractivity contribution is -0.146. The van der Waals surface area contributed by atoms with E-state index in [2.05, 4.69) is 4.72 Å². The average molecular weight is 300 g/mol. The van der Waals surface area contributed by atoms with Gasteiger partial charge in [-0.3, -0.25) is 4.79 Å². The zero-order chi connectivity index (χ0) is 15.4. The molecule has 0 unspecified atom stereocenters. The van der Waals surface area contributed by atoms with Crippen molar-refractivity contribution in [1.82, 2.24) is 9.03 Å². The first-order valence-corrected chi connectivity index (χ1v) is 7.57. The van der Waals surface area contributed by atoms with Crippen molar-refractivity contribution in [2.75, 3.05) is 13.6 Å². The Morgan fingerprint density at radius 1 is 1.30 bits per heavy atom. The highest BCUT2D eigenvalue weighted by Gasteiger charge is 2.30. The Morgan fingerprint density at radius 2 is 1.85 bits per heavy atom. The third kappa shape index (κ3) is 4.59. The molecule has 0 aliphatic carbocycles. The van der Waals surface area contributed by atoms with Crippen LogP contribution in [0.5, 0.6) is 0 Å². The van der Waals surface area contributed by atoms with Gasteiger partial charge < -0.3 is 5.11 Å². The lowest BCUT2D eigenvalue weighted by Crippen LogP contribution is -2.44. The van der Waals surface area contributed by atoms with E-state index in [0.29, 0.717) is 0 Å². The van der Waals surface area contributed by atoms with E-state index >= 15 is 0 Å². The first kappa shape index (κ1) is 16.6. The molecule has 0 fully saturated rings. The van der Waals surface area contributed by atoms with E-state index in [1.807, 2.05) is 30.3 Å². The third-order valence-corrected chi connectivity index (χ3v) is 4.39. The summed E-state index contributed by atoms with van der Waals surface area (Å²) in [5.74, 6) is -1.05. The second-order valence-electron chi connectivity index (χ2n) is 5.26. The average Bonchev–Trinajstić information content (AvgIpc) is 2.37. The summed E-state index contributed by atoms with van der Waals surface area (Å²) in [6, 6.07) is 9.17. The molecule has 2 N–H and O–H groups in total. The van der Waals surface area contributed by atoms with Crippen LogP contribution in [-0.4, -0.2) is 37.4 Å². The zero-order valence-electron chi connectivity index (χ0n) is 11.8. The normalized spacial score (nSPS) is 12.6. The maximum absolute atomic E-state index is 12.0. The van der Waals surface area contributed by atoms with Crippen LogP contribution in [0, 0.1) is 5.41 Å².